The maximum absolute atomic E-state index is 9.81. The van der Waals surface area contributed by atoms with Gasteiger partial charge in [-0.1, -0.05) is 0 Å². The first-order chi connectivity index (χ1) is 8.92. The molecule has 1 aliphatic rings. The van der Waals surface area contributed by atoms with Crippen LogP contribution in [0.2, 0.25) is 0 Å². The van der Waals surface area contributed by atoms with Crippen molar-refractivity contribution in [2.24, 2.45) is 0 Å². The molecule has 108 valence electrons. The van der Waals surface area contributed by atoms with Crippen LogP contribution in [0.15, 0.2) is 12.4 Å². The van der Waals surface area contributed by atoms with E-state index in [1.807, 2.05) is 24.7 Å². The maximum Gasteiger partial charge on any atom is 0.0719 e. The van der Waals surface area contributed by atoms with Gasteiger partial charge in [0.2, 0.25) is 0 Å². The molecule has 0 radical (unpaired) electrons. The minimum Gasteiger partial charge on any atom is -0.396 e. The van der Waals surface area contributed by atoms with Gasteiger partial charge in [-0.3, -0.25) is 14.5 Å². The highest BCUT2D eigenvalue weighted by atomic mass is 16.3. The van der Waals surface area contributed by atoms with Gasteiger partial charge in [0.1, 0.15) is 0 Å². The number of nitrogens with zero attached hydrogens (tertiary/aromatic N) is 4. The number of hydrogen-bond acceptors (Lipinski definition) is 5. The van der Waals surface area contributed by atoms with E-state index in [-0.39, 0.29) is 0 Å². The van der Waals surface area contributed by atoms with Gasteiger partial charge in [-0.05, 0) is 13.8 Å². The average Bonchev–Trinajstić information content (AvgIpc) is 2.72. The fraction of sp³-hybridized carbons (Fsp3) is 0.769. The second-order valence-electron chi connectivity index (χ2n) is 5.97. The predicted octanol–water partition coefficient (Wildman–Crippen LogP) is -0.146. The van der Waals surface area contributed by atoms with Crippen LogP contribution in [0.25, 0.3) is 0 Å². The van der Waals surface area contributed by atoms with Crippen molar-refractivity contribution < 1.29 is 5.11 Å². The van der Waals surface area contributed by atoms with Gasteiger partial charge in [0.05, 0.1) is 24.0 Å². The van der Waals surface area contributed by atoms with Crippen molar-refractivity contribution in [3.63, 3.8) is 0 Å². The van der Waals surface area contributed by atoms with Gasteiger partial charge in [0.15, 0.2) is 0 Å². The van der Waals surface area contributed by atoms with Crippen LogP contribution in [0.5, 0.6) is 0 Å². The van der Waals surface area contributed by atoms with Crippen LogP contribution in [-0.4, -0.2) is 69.6 Å². The van der Waals surface area contributed by atoms with E-state index >= 15 is 0 Å². The molecule has 1 saturated heterocycles. The number of aromatic nitrogens is 2. The molecule has 3 N–H and O–H groups in total. The van der Waals surface area contributed by atoms with Crippen molar-refractivity contribution in [1.29, 1.82) is 0 Å². The number of aliphatic hydroxyl groups is 1. The Balaban J connectivity index is 1.69. The fourth-order valence-corrected chi connectivity index (χ4v) is 2.46. The fourth-order valence-electron chi connectivity index (χ4n) is 2.46. The highest BCUT2D eigenvalue weighted by Gasteiger charge is 2.22. The standard InChI is InChI=1S/C13H25N5O/c1-13(2,19)11-17-5-3-16(4-6-17)7-8-18-10-12(14)9-15-18/h9-10,19H,3-8,11,14H2,1-2H3. The molecule has 1 aliphatic heterocycles. The molecule has 0 bridgehead atoms. The lowest BCUT2D eigenvalue weighted by Crippen LogP contribution is -2.50. The average molecular weight is 267 g/mol. The SMILES string of the molecule is CC(C)(O)CN1CCN(CCn2cc(N)cn2)CC1. The molecule has 6 heteroatoms. The molecule has 0 aliphatic carbocycles. The molecular formula is C13H25N5O. The summed E-state index contributed by atoms with van der Waals surface area (Å²) >= 11 is 0. The summed E-state index contributed by atoms with van der Waals surface area (Å²) in [5, 5.41) is 14.0. The number of anilines is 1. The number of piperazine rings is 1. The number of rotatable bonds is 5. The van der Waals surface area contributed by atoms with Crippen molar-refractivity contribution >= 4 is 5.69 Å². The number of nitrogen functional groups attached to an aromatic ring is 1. The summed E-state index contributed by atoms with van der Waals surface area (Å²) in [5.74, 6) is 0. The smallest absolute Gasteiger partial charge is 0.0719 e. The quantitative estimate of drug-likeness (QED) is 0.776. The number of β-amino-alcohol motifs (C(OH)–C–C–N with tert-alkyl or cyclic N) is 1. The van der Waals surface area contributed by atoms with Gasteiger partial charge in [0, 0.05) is 45.5 Å². The van der Waals surface area contributed by atoms with Gasteiger partial charge < -0.3 is 10.8 Å². The normalized spacial score (nSPS) is 18.9. The van der Waals surface area contributed by atoms with Gasteiger partial charge >= 0.3 is 0 Å². The summed E-state index contributed by atoms with van der Waals surface area (Å²) in [6, 6.07) is 0. The topological polar surface area (TPSA) is 70.5 Å². The monoisotopic (exact) mass is 267 g/mol. The summed E-state index contributed by atoms with van der Waals surface area (Å²) in [5.41, 5.74) is 5.75. The van der Waals surface area contributed by atoms with Crippen LogP contribution < -0.4 is 5.73 Å². The van der Waals surface area contributed by atoms with Crippen LogP contribution in [0.1, 0.15) is 13.8 Å². The van der Waals surface area contributed by atoms with E-state index in [0.717, 1.165) is 51.5 Å². The maximum atomic E-state index is 9.81. The lowest BCUT2D eigenvalue weighted by molar-refractivity contribution is 0.0173. The molecule has 1 aromatic heterocycles. The molecule has 0 unspecified atom stereocenters. The lowest BCUT2D eigenvalue weighted by Gasteiger charge is -2.37. The van der Waals surface area contributed by atoms with E-state index in [1.54, 1.807) is 6.20 Å². The summed E-state index contributed by atoms with van der Waals surface area (Å²) in [6.45, 7) is 10.5. The predicted molar refractivity (Wildman–Crippen MR) is 75.8 cm³/mol. The number of nitrogens with two attached hydrogens (primary N) is 1. The van der Waals surface area contributed by atoms with Crippen LogP contribution in [0, 0.1) is 0 Å². The first-order valence-corrected chi connectivity index (χ1v) is 6.87. The molecule has 0 saturated carbocycles. The first kappa shape index (κ1) is 14.3. The van der Waals surface area contributed by atoms with Gasteiger partial charge in [-0.2, -0.15) is 5.10 Å². The second-order valence-corrected chi connectivity index (χ2v) is 5.97. The zero-order valence-corrected chi connectivity index (χ0v) is 11.9. The molecular weight excluding hydrogens is 242 g/mol. The van der Waals surface area contributed by atoms with Crippen LogP contribution in [-0.2, 0) is 6.54 Å². The summed E-state index contributed by atoms with van der Waals surface area (Å²) in [7, 11) is 0. The Bertz CT molecular complexity index is 390. The van der Waals surface area contributed by atoms with Crippen molar-refractivity contribution in [3.8, 4) is 0 Å². The zero-order chi connectivity index (χ0) is 13.9. The molecule has 1 fully saturated rings. The Hall–Kier alpha value is -1.11. The van der Waals surface area contributed by atoms with Crippen molar-refractivity contribution in [3.05, 3.63) is 12.4 Å². The summed E-state index contributed by atoms with van der Waals surface area (Å²) in [4.78, 5) is 4.75. The lowest BCUT2D eigenvalue weighted by atomic mass is 10.1. The van der Waals surface area contributed by atoms with Crippen molar-refractivity contribution in [2.75, 3.05) is 45.0 Å². The van der Waals surface area contributed by atoms with E-state index < -0.39 is 5.60 Å². The molecule has 6 nitrogen and oxygen atoms in total. The molecule has 2 rings (SSSR count). The van der Waals surface area contributed by atoms with E-state index in [9.17, 15) is 5.11 Å². The zero-order valence-electron chi connectivity index (χ0n) is 11.9. The van der Waals surface area contributed by atoms with E-state index in [4.69, 9.17) is 5.73 Å². The Kier molecular flexibility index (Phi) is 4.44. The van der Waals surface area contributed by atoms with Gasteiger partial charge in [-0.15, -0.1) is 0 Å². The van der Waals surface area contributed by atoms with Crippen LogP contribution in [0.4, 0.5) is 5.69 Å². The van der Waals surface area contributed by atoms with Crippen LogP contribution in [0.3, 0.4) is 0 Å². The Morgan fingerprint density at radius 1 is 1.21 bits per heavy atom. The van der Waals surface area contributed by atoms with Gasteiger partial charge in [-0.25, -0.2) is 0 Å². The van der Waals surface area contributed by atoms with E-state index in [2.05, 4.69) is 14.9 Å². The first-order valence-electron chi connectivity index (χ1n) is 6.87. The second kappa shape index (κ2) is 5.90. The minimum absolute atomic E-state index is 0.602. The Morgan fingerprint density at radius 3 is 2.37 bits per heavy atom. The third kappa shape index (κ3) is 4.81. The minimum atomic E-state index is -0.602. The highest BCUT2D eigenvalue weighted by molar-refractivity contribution is 5.30. The van der Waals surface area contributed by atoms with E-state index in [1.165, 1.54) is 0 Å². The largest absolute Gasteiger partial charge is 0.396 e. The van der Waals surface area contributed by atoms with Crippen molar-refractivity contribution in [1.82, 2.24) is 19.6 Å². The highest BCUT2D eigenvalue weighted by Crippen LogP contribution is 2.08. The molecule has 0 aromatic carbocycles. The molecule has 0 atom stereocenters. The van der Waals surface area contributed by atoms with Crippen molar-refractivity contribution in [2.45, 2.75) is 26.0 Å². The van der Waals surface area contributed by atoms with E-state index in [0.29, 0.717) is 0 Å². The molecule has 0 spiro atoms. The third-order valence-electron chi connectivity index (χ3n) is 3.37. The Labute approximate surface area is 114 Å². The molecule has 19 heavy (non-hydrogen) atoms. The molecule has 2 heterocycles. The number of hydrogen-bond donors (Lipinski definition) is 2. The molecule has 0 amide bonds. The Morgan fingerprint density at radius 2 is 1.84 bits per heavy atom. The summed E-state index contributed by atoms with van der Waals surface area (Å²) in [6.07, 6.45) is 3.55. The summed E-state index contributed by atoms with van der Waals surface area (Å²) < 4.78 is 1.89. The van der Waals surface area contributed by atoms with Gasteiger partial charge in [0.25, 0.3) is 0 Å². The van der Waals surface area contributed by atoms with Crippen LogP contribution >= 0.6 is 0 Å². The molecule has 1 aromatic rings. The third-order valence-corrected chi connectivity index (χ3v) is 3.37.